The third kappa shape index (κ3) is 3.49. The minimum Gasteiger partial charge on any atom is -0.467 e. The molecule has 1 unspecified atom stereocenters. The van der Waals surface area contributed by atoms with E-state index in [1.165, 1.54) is 6.33 Å². The van der Waals surface area contributed by atoms with E-state index in [9.17, 15) is 0 Å². The summed E-state index contributed by atoms with van der Waals surface area (Å²) in [4.78, 5) is 11.1. The molecule has 7 nitrogen and oxygen atoms in total. The summed E-state index contributed by atoms with van der Waals surface area (Å²) in [6, 6.07) is 12.0. The Morgan fingerprint density at radius 1 is 1.14 bits per heavy atom. The Balaban J connectivity index is 1.62. The standard InChI is InChI=1S/C22H22N4O3/c1-15-6-2-3-9-18(15)20-19-21(23-14-24-22(19)29-25-20)26(12-16-7-4-10-27-16)13-17-8-5-11-28-17/h2-4,6-7,9-10,14,17H,5,8,11-13H2,1H3. The number of aromatic nitrogens is 3. The van der Waals surface area contributed by atoms with Gasteiger partial charge in [0, 0.05) is 18.7 Å². The molecule has 0 amide bonds. The van der Waals surface area contributed by atoms with Crippen LogP contribution in [0.1, 0.15) is 24.2 Å². The first-order valence-corrected chi connectivity index (χ1v) is 9.85. The van der Waals surface area contributed by atoms with E-state index in [0.29, 0.717) is 18.8 Å². The average molecular weight is 390 g/mol. The van der Waals surface area contributed by atoms with E-state index in [1.54, 1.807) is 6.26 Å². The van der Waals surface area contributed by atoms with Crippen LogP contribution in [-0.4, -0.2) is 34.4 Å². The number of nitrogens with zero attached hydrogens (tertiary/aromatic N) is 4. The first kappa shape index (κ1) is 17.9. The highest BCUT2D eigenvalue weighted by Crippen LogP contribution is 2.35. The average Bonchev–Trinajstić information content (AvgIpc) is 3.50. The summed E-state index contributed by atoms with van der Waals surface area (Å²) < 4.78 is 17.1. The lowest BCUT2D eigenvalue weighted by Gasteiger charge is -2.26. The summed E-state index contributed by atoms with van der Waals surface area (Å²) in [6.45, 7) is 4.16. The van der Waals surface area contributed by atoms with Crippen molar-refractivity contribution in [3.05, 3.63) is 60.3 Å². The van der Waals surface area contributed by atoms with Gasteiger partial charge in [-0.05, 0) is 37.5 Å². The van der Waals surface area contributed by atoms with Crippen molar-refractivity contribution < 1.29 is 13.7 Å². The van der Waals surface area contributed by atoms with Gasteiger partial charge in [0.1, 0.15) is 29.0 Å². The molecule has 3 aromatic heterocycles. The van der Waals surface area contributed by atoms with Gasteiger partial charge < -0.3 is 18.6 Å². The smallest absolute Gasteiger partial charge is 0.263 e. The molecular weight excluding hydrogens is 368 g/mol. The van der Waals surface area contributed by atoms with Gasteiger partial charge in [-0.25, -0.2) is 4.98 Å². The van der Waals surface area contributed by atoms with Crippen molar-refractivity contribution in [2.24, 2.45) is 0 Å². The Morgan fingerprint density at radius 3 is 2.86 bits per heavy atom. The molecule has 0 saturated carbocycles. The lowest BCUT2D eigenvalue weighted by molar-refractivity contribution is 0.115. The predicted octanol–water partition coefficient (Wildman–Crippen LogP) is 4.37. The molecule has 0 bridgehead atoms. The normalized spacial score (nSPS) is 16.5. The van der Waals surface area contributed by atoms with Gasteiger partial charge in [0.2, 0.25) is 0 Å². The Morgan fingerprint density at radius 2 is 2.07 bits per heavy atom. The maximum atomic E-state index is 5.90. The van der Waals surface area contributed by atoms with Crippen molar-refractivity contribution in [3.63, 3.8) is 0 Å². The maximum absolute atomic E-state index is 5.90. The van der Waals surface area contributed by atoms with E-state index in [0.717, 1.165) is 53.2 Å². The number of aryl methyl sites for hydroxylation is 1. The van der Waals surface area contributed by atoms with Gasteiger partial charge in [0.25, 0.3) is 5.71 Å². The molecule has 1 fully saturated rings. The number of hydrogen-bond acceptors (Lipinski definition) is 7. The topological polar surface area (TPSA) is 77.4 Å². The van der Waals surface area contributed by atoms with E-state index in [1.807, 2.05) is 30.3 Å². The van der Waals surface area contributed by atoms with E-state index >= 15 is 0 Å². The zero-order valence-corrected chi connectivity index (χ0v) is 16.2. The Labute approximate surface area is 168 Å². The van der Waals surface area contributed by atoms with Gasteiger partial charge in [-0.2, -0.15) is 4.98 Å². The third-order valence-corrected chi connectivity index (χ3v) is 5.33. The van der Waals surface area contributed by atoms with Crippen LogP contribution in [0.15, 0.2) is 57.9 Å². The van der Waals surface area contributed by atoms with Crippen molar-refractivity contribution in [3.8, 4) is 11.3 Å². The van der Waals surface area contributed by atoms with Crippen LogP contribution in [0.25, 0.3) is 22.4 Å². The molecule has 0 radical (unpaired) electrons. The van der Waals surface area contributed by atoms with Crippen LogP contribution in [0, 0.1) is 6.92 Å². The molecule has 0 spiro atoms. The molecule has 7 heteroatoms. The van der Waals surface area contributed by atoms with Crippen LogP contribution >= 0.6 is 0 Å². The van der Waals surface area contributed by atoms with Crippen LogP contribution in [0.4, 0.5) is 5.82 Å². The van der Waals surface area contributed by atoms with Crippen LogP contribution in [0.2, 0.25) is 0 Å². The first-order valence-electron chi connectivity index (χ1n) is 9.85. The van der Waals surface area contributed by atoms with Crippen LogP contribution in [0.3, 0.4) is 0 Å². The van der Waals surface area contributed by atoms with Gasteiger partial charge in [-0.15, -0.1) is 0 Å². The summed E-state index contributed by atoms with van der Waals surface area (Å²) in [5, 5.41) is 5.15. The van der Waals surface area contributed by atoms with E-state index in [-0.39, 0.29) is 6.10 Å². The van der Waals surface area contributed by atoms with Gasteiger partial charge in [-0.1, -0.05) is 29.4 Å². The van der Waals surface area contributed by atoms with Gasteiger partial charge in [0.15, 0.2) is 0 Å². The molecule has 1 aliphatic heterocycles. The quantitative estimate of drug-likeness (QED) is 0.484. The molecule has 0 N–H and O–H groups in total. The summed E-state index contributed by atoms with van der Waals surface area (Å²) in [6.07, 6.45) is 5.50. The number of hydrogen-bond donors (Lipinski definition) is 0. The molecular formula is C22H22N4O3. The minimum absolute atomic E-state index is 0.164. The van der Waals surface area contributed by atoms with Gasteiger partial charge >= 0.3 is 0 Å². The Kier molecular flexibility index (Phi) is 4.73. The zero-order chi connectivity index (χ0) is 19.6. The zero-order valence-electron chi connectivity index (χ0n) is 16.2. The van der Waals surface area contributed by atoms with Crippen molar-refractivity contribution in [1.82, 2.24) is 15.1 Å². The van der Waals surface area contributed by atoms with Crippen LogP contribution in [-0.2, 0) is 11.3 Å². The lowest BCUT2D eigenvalue weighted by atomic mass is 10.0. The molecule has 148 valence electrons. The fraction of sp³-hybridized carbons (Fsp3) is 0.318. The van der Waals surface area contributed by atoms with Gasteiger partial charge in [-0.3, -0.25) is 0 Å². The van der Waals surface area contributed by atoms with E-state index < -0.39 is 0 Å². The Hall–Kier alpha value is -3.19. The predicted molar refractivity (Wildman–Crippen MR) is 109 cm³/mol. The van der Waals surface area contributed by atoms with Crippen LogP contribution < -0.4 is 4.90 Å². The summed E-state index contributed by atoms with van der Waals surface area (Å²) in [7, 11) is 0. The number of anilines is 1. The van der Waals surface area contributed by atoms with E-state index in [4.69, 9.17) is 13.7 Å². The number of ether oxygens (including phenoxy) is 1. The highest BCUT2D eigenvalue weighted by molar-refractivity contribution is 5.98. The van der Waals surface area contributed by atoms with Crippen molar-refractivity contribution >= 4 is 16.9 Å². The third-order valence-electron chi connectivity index (χ3n) is 5.33. The number of rotatable bonds is 6. The SMILES string of the molecule is Cc1ccccc1-c1noc2ncnc(N(Cc3ccco3)CC3CCCO3)c12. The molecule has 4 aromatic rings. The largest absolute Gasteiger partial charge is 0.467 e. The van der Waals surface area contributed by atoms with Gasteiger partial charge in [0.05, 0.1) is 18.9 Å². The molecule has 1 saturated heterocycles. The molecule has 4 heterocycles. The van der Waals surface area contributed by atoms with Crippen LogP contribution in [0.5, 0.6) is 0 Å². The number of fused-ring (bicyclic) bond motifs is 1. The van der Waals surface area contributed by atoms with Crippen molar-refractivity contribution in [1.29, 1.82) is 0 Å². The second-order valence-corrected chi connectivity index (χ2v) is 7.32. The fourth-order valence-electron chi connectivity index (χ4n) is 3.88. The maximum Gasteiger partial charge on any atom is 0.263 e. The molecule has 0 aliphatic carbocycles. The van der Waals surface area contributed by atoms with Crippen molar-refractivity contribution in [2.75, 3.05) is 18.1 Å². The number of furan rings is 1. The highest BCUT2D eigenvalue weighted by Gasteiger charge is 2.26. The van der Waals surface area contributed by atoms with E-state index in [2.05, 4.69) is 33.0 Å². The highest BCUT2D eigenvalue weighted by atomic mass is 16.5. The summed E-state index contributed by atoms with van der Waals surface area (Å²) >= 11 is 0. The molecule has 5 rings (SSSR count). The first-order chi connectivity index (χ1) is 14.3. The summed E-state index contributed by atoms with van der Waals surface area (Å²) in [5.74, 6) is 1.64. The van der Waals surface area contributed by atoms with Crippen molar-refractivity contribution in [2.45, 2.75) is 32.4 Å². The monoisotopic (exact) mass is 390 g/mol. The second kappa shape index (κ2) is 7.67. The molecule has 1 atom stereocenters. The summed E-state index contributed by atoms with van der Waals surface area (Å²) in [5.41, 5.74) is 3.36. The molecule has 1 aromatic carbocycles. The lowest BCUT2D eigenvalue weighted by Crippen LogP contribution is -2.32. The number of benzene rings is 1. The fourth-order valence-corrected chi connectivity index (χ4v) is 3.88. The minimum atomic E-state index is 0.164. The molecule has 29 heavy (non-hydrogen) atoms. The second-order valence-electron chi connectivity index (χ2n) is 7.32. The Bertz CT molecular complexity index is 1100. The molecule has 1 aliphatic rings.